The molecule has 66 valence electrons. The minimum atomic E-state index is 0.659. The normalized spacial score (nSPS) is 24.2. The van der Waals surface area contributed by atoms with E-state index in [1.807, 2.05) is 0 Å². The predicted molar refractivity (Wildman–Crippen MR) is 48.1 cm³/mol. The van der Waals surface area contributed by atoms with Crippen LogP contribution < -0.4 is 5.32 Å². The molecule has 0 radical (unpaired) electrons. The third-order valence-corrected chi connectivity index (χ3v) is 3.08. The molecule has 2 heterocycles. The zero-order valence-corrected chi connectivity index (χ0v) is 7.60. The maximum atomic E-state index is 4.08. The summed E-state index contributed by atoms with van der Waals surface area (Å²) in [7, 11) is 0. The van der Waals surface area contributed by atoms with Crippen molar-refractivity contribution in [2.75, 3.05) is 13.1 Å². The summed E-state index contributed by atoms with van der Waals surface area (Å²) in [6.07, 6.45) is 4.10. The molecule has 2 rings (SSSR count). The number of aromatic amines is 1. The van der Waals surface area contributed by atoms with E-state index in [9.17, 15) is 0 Å². The van der Waals surface area contributed by atoms with E-state index in [0.29, 0.717) is 5.25 Å². The molecule has 1 aromatic rings. The smallest absolute Gasteiger partial charge is 0.183 e. The lowest BCUT2D eigenvalue weighted by Crippen LogP contribution is -2.31. The van der Waals surface area contributed by atoms with E-state index in [1.54, 1.807) is 18.1 Å². The van der Waals surface area contributed by atoms with E-state index in [1.165, 1.54) is 12.8 Å². The van der Waals surface area contributed by atoms with Crippen LogP contribution in [0, 0.1) is 0 Å². The molecule has 4 nitrogen and oxygen atoms in total. The Hall–Kier alpha value is -0.550. The lowest BCUT2D eigenvalue weighted by molar-refractivity contribution is 0.530. The van der Waals surface area contributed by atoms with Crippen LogP contribution in [0.3, 0.4) is 0 Å². The van der Waals surface area contributed by atoms with Crippen molar-refractivity contribution >= 4 is 11.8 Å². The van der Waals surface area contributed by atoms with Gasteiger partial charge in [-0.3, -0.25) is 5.10 Å². The Kier molecular flexibility index (Phi) is 2.63. The Bertz CT molecular complexity index is 217. The molecule has 1 aliphatic rings. The van der Waals surface area contributed by atoms with E-state index < -0.39 is 0 Å². The molecular formula is C7H12N4S. The molecule has 1 aromatic heterocycles. The molecule has 1 saturated heterocycles. The Morgan fingerprint density at radius 3 is 3.25 bits per heavy atom. The van der Waals surface area contributed by atoms with Crippen LogP contribution >= 0.6 is 11.8 Å². The maximum absolute atomic E-state index is 4.08. The highest BCUT2D eigenvalue weighted by atomic mass is 32.2. The molecule has 1 fully saturated rings. The Morgan fingerprint density at radius 1 is 1.58 bits per heavy atom. The van der Waals surface area contributed by atoms with Gasteiger partial charge in [-0.25, -0.2) is 4.98 Å². The van der Waals surface area contributed by atoms with Gasteiger partial charge in [0.05, 0.1) is 0 Å². The molecule has 0 aliphatic carbocycles. The summed E-state index contributed by atoms with van der Waals surface area (Å²) in [5.41, 5.74) is 0. The van der Waals surface area contributed by atoms with E-state index in [4.69, 9.17) is 0 Å². The van der Waals surface area contributed by atoms with Crippen LogP contribution in [0.1, 0.15) is 12.8 Å². The summed E-state index contributed by atoms with van der Waals surface area (Å²) in [6.45, 7) is 2.25. The van der Waals surface area contributed by atoms with Gasteiger partial charge < -0.3 is 5.32 Å². The molecule has 0 saturated carbocycles. The van der Waals surface area contributed by atoms with E-state index in [-0.39, 0.29) is 0 Å². The van der Waals surface area contributed by atoms with Crippen molar-refractivity contribution in [2.24, 2.45) is 0 Å². The van der Waals surface area contributed by atoms with Crippen LogP contribution in [0.4, 0.5) is 0 Å². The van der Waals surface area contributed by atoms with Crippen molar-refractivity contribution in [1.29, 1.82) is 0 Å². The van der Waals surface area contributed by atoms with E-state index >= 15 is 0 Å². The second kappa shape index (κ2) is 3.91. The van der Waals surface area contributed by atoms with Gasteiger partial charge in [0.25, 0.3) is 0 Å². The molecule has 1 atom stereocenters. The molecule has 1 unspecified atom stereocenters. The minimum Gasteiger partial charge on any atom is -0.316 e. The van der Waals surface area contributed by atoms with Crippen molar-refractivity contribution in [3.05, 3.63) is 6.33 Å². The average Bonchev–Trinajstić information content (AvgIpc) is 2.59. The number of piperidine rings is 1. The number of H-pyrrole nitrogens is 1. The zero-order chi connectivity index (χ0) is 8.23. The average molecular weight is 184 g/mol. The number of hydrogen-bond donors (Lipinski definition) is 2. The fraction of sp³-hybridized carbons (Fsp3) is 0.714. The van der Waals surface area contributed by atoms with Gasteiger partial charge in [-0.05, 0) is 19.4 Å². The monoisotopic (exact) mass is 184 g/mol. The highest BCUT2D eigenvalue weighted by molar-refractivity contribution is 7.99. The summed E-state index contributed by atoms with van der Waals surface area (Å²) < 4.78 is 0. The van der Waals surface area contributed by atoms with Gasteiger partial charge in [0.1, 0.15) is 6.33 Å². The number of aromatic nitrogens is 3. The van der Waals surface area contributed by atoms with Gasteiger partial charge in [-0.2, -0.15) is 5.10 Å². The number of thioether (sulfide) groups is 1. The van der Waals surface area contributed by atoms with Gasteiger partial charge in [-0.15, -0.1) is 0 Å². The summed E-state index contributed by atoms with van der Waals surface area (Å²) in [4.78, 5) is 4.08. The Balaban J connectivity index is 1.86. The van der Waals surface area contributed by atoms with E-state index in [2.05, 4.69) is 20.5 Å². The van der Waals surface area contributed by atoms with Crippen molar-refractivity contribution in [3.63, 3.8) is 0 Å². The minimum absolute atomic E-state index is 0.659. The molecule has 1 aliphatic heterocycles. The first kappa shape index (κ1) is 8.07. The molecule has 0 amide bonds. The van der Waals surface area contributed by atoms with Crippen LogP contribution in [0.25, 0.3) is 0 Å². The van der Waals surface area contributed by atoms with Gasteiger partial charge >= 0.3 is 0 Å². The number of rotatable bonds is 2. The molecule has 5 heteroatoms. The third kappa shape index (κ3) is 1.98. The van der Waals surface area contributed by atoms with Crippen molar-refractivity contribution in [1.82, 2.24) is 20.5 Å². The lowest BCUT2D eigenvalue weighted by Gasteiger charge is -2.20. The van der Waals surface area contributed by atoms with Crippen LogP contribution in [0.2, 0.25) is 0 Å². The van der Waals surface area contributed by atoms with Crippen molar-refractivity contribution in [3.8, 4) is 0 Å². The first-order valence-corrected chi connectivity index (χ1v) is 5.06. The largest absolute Gasteiger partial charge is 0.316 e. The predicted octanol–water partition coefficient (Wildman–Crippen LogP) is 0.649. The summed E-state index contributed by atoms with van der Waals surface area (Å²) in [5.74, 6) is 0. The first-order chi connectivity index (χ1) is 5.95. The maximum Gasteiger partial charge on any atom is 0.183 e. The standard InChI is InChI=1S/C7H12N4S/c1-2-6(4-8-3-1)12-7-9-5-10-11-7/h5-6,8H,1-4H2,(H,9,10,11). The summed E-state index contributed by atoms with van der Waals surface area (Å²) >= 11 is 1.78. The van der Waals surface area contributed by atoms with Crippen molar-refractivity contribution < 1.29 is 0 Å². The highest BCUT2D eigenvalue weighted by Gasteiger charge is 2.14. The van der Waals surface area contributed by atoms with Gasteiger partial charge in [0.15, 0.2) is 5.16 Å². The molecule has 0 bridgehead atoms. The molecule has 0 spiro atoms. The number of nitrogens with one attached hydrogen (secondary N) is 2. The van der Waals surface area contributed by atoms with Crippen LogP contribution in [0.5, 0.6) is 0 Å². The molecular weight excluding hydrogens is 172 g/mol. The van der Waals surface area contributed by atoms with Gasteiger partial charge in [0, 0.05) is 11.8 Å². The van der Waals surface area contributed by atoms with Crippen LogP contribution in [-0.2, 0) is 0 Å². The topological polar surface area (TPSA) is 53.6 Å². The number of nitrogens with zero attached hydrogens (tertiary/aromatic N) is 2. The van der Waals surface area contributed by atoms with Crippen LogP contribution in [-0.4, -0.2) is 33.5 Å². The van der Waals surface area contributed by atoms with Gasteiger partial charge in [0.2, 0.25) is 0 Å². The fourth-order valence-electron chi connectivity index (χ4n) is 1.33. The first-order valence-electron chi connectivity index (χ1n) is 4.18. The quantitative estimate of drug-likeness (QED) is 0.708. The highest BCUT2D eigenvalue weighted by Crippen LogP contribution is 2.23. The second-order valence-electron chi connectivity index (χ2n) is 2.88. The Labute approximate surface area is 75.5 Å². The molecule has 2 N–H and O–H groups in total. The van der Waals surface area contributed by atoms with Crippen molar-refractivity contribution in [2.45, 2.75) is 23.2 Å². The van der Waals surface area contributed by atoms with E-state index in [0.717, 1.165) is 18.2 Å². The SMILES string of the molecule is c1n[nH]c(SC2CCCNC2)n1. The van der Waals surface area contributed by atoms with Crippen LogP contribution in [0.15, 0.2) is 11.5 Å². The molecule has 0 aromatic carbocycles. The van der Waals surface area contributed by atoms with Gasteiger partial charge in [-0.1, -0.05) is 11.8 Å². The zero-order valence-electron chi connectivity index (χ0n) is 6.79. The molecule has 12 heavy (non-hydrogen) atoms. The Morgan fingerprint density at radius 2 is 2.58 bits per heavy atom. The fourth-order valence-corrected chi connectivity index (χ4v) is 2.34. The third-order valence-electron chi connectivity index (χ3n) is 1.92. The lowest BCUT2D eigenvalue weighted by atomic mass is 10.2. The summed E-state index contributed by atoms with van der Waals surface area (Å²) in [6, 6.07) is 0. The number of hydrogen-bond acceptors (Lipinski definition) is 4. The second-order valence-corrected chi connectivity index (χ2v) is 4.17. The summed E-state index contributed by atoms with van der Waals surface area (Å²) in [5, 5.41) is 11.6.